The van der Waals surface area contributed by atoms with Crippen LogP contribution in [0.2, 0.25) is 0 Å². The minimum atomic E-state index is 0.599. The number of thiophene rings is 1. The first-order valence-corrected chi connectivity index (χ1v) is 6.67. The topological polar surface area (TPSA) is 47.8 Å². The third kappa shape index (κ3) is 2.08. The summed E-state index contributed by atoms with van der Waals surface area (Å²) in [6.07, 6.45) is 6.00. The molecule has 0 aliphatic carbocycles. The molecule has 0 atom stereocenters. The number of nitrogens with zero attached hydrogens (tertiary/aromatic N) is 3. The molecule has 3 heterocycles. The van der Waals surface area contributed by atoms with Gasteiger partial charge in [-0.1, -0.05) is 0 Å². The summed E-state index contributed by atoms with van der Waals surface area (Å²) in [5.41, 5.74) is 3.35. The number of carbonyl (C=O) groups excluding carboxylic acids is 1. The SMILES string of the molecule is Cc1ccsc1-c1nn(-c2ccncc2)cc1C=O. The number of hydrogen-bond donors (Lipinski definition) is 0. The normalized spacial score (nSPS) is 10.6. The Morgan fingerprint density at radius 2 is 2.05 bits per heavy atom. The first-order chi connectivity index (χ1) is 9.29. The minimum absolute atomic E-state index is 0.599. The maximum Gasteiger partial charge on any atom is 0.153 e. The summed E-state index contributed by atoms with van der Waals surface area (Å²) >= 11 is 1.59. The van der Waals surface area contributed by atoms with E-state index in [1.165, 1.54) is 0 Å². The Hall–Kier alpha value is -2.27. The Bertz CT molecular complexity index is 715. The van der Waals surface area contributed by atoms with Crippen LogP contribution in [-0.2, 0) is 0 Å². The van der Waals surface area contributed by atoms with E-state index in [2.05, 4.69) is 10.1 Å². The van der Waals surface area contributed by atoms with Gasteiger partial charge in [-0.3, -0.25) is 9.78 Å². The maximum absolute atomic E-state index is 11.2. The Balaban J connectivity index is 2.15. The fourth-order valence-electron chi connectivity index (χ4n) is 1.89. The molecule has 0 N–H and O–H groups in total. The predicted octanol–water partition coefficient (Wildman–Crippen LogP) is 3.12. The summed E-state index contributed by atoms with van der Waals surface area (Å²) in [7, 11) is 0. The van der Waals surface area contributed by atoms with Crippen molar-refractivity contribution in [1.29, 1.82) is 0 Å². The zero-order valence-corrected chi connectivity index (χ0v) is 11.1. The van der Waals surface area contributed by atoms with Crippen molar-refractivity contribution in [2.75, 3.05) is 0 Å². The van der Waals surface area contributed by atoms with E-state index in [4.69, 9.17) is 0 Å². The minimum Gasteiger partial charge on any atom is -0.298 e. The van der Waals surface area contributed by atoms with Crippen LogP contribution in [0.15, 0.2) is 42.2 Å². The molecule has 4 nitrogen and oxygen atoms in total. The lowest BCUT2D eigenvalue weighted by Crippen LogP contribution is -1.94. The number of aromatic nitrogens is 3. The molecule has 0 saturated carbocycles. The molecule has 0 bridgehead atoms. The highest BCUT2D eigenvalue weighted by Gasteiger charge is 2.14. The van der Waals surface area contributed by atoms with Crippen molar-refractivity contribution in [1.82, 2.24) is 14.8 Å². The molecule has 0 unspecified atom stereocenters. The van der Waals surface area contributed by atoms with Crippen molar-refractivity contribution in [3.05, 3.63) is 53.3 Å². The van der Waals surface area contributed by atoms with E-state index < -0.39 is 0 Å². The number of aryl methyl sites for hydroxylation is 1. The summed E-state index contributed by atoms with van der Waals surface area (Å²) < 4.78 is 1.71. The highest BCUT2D eigenvalue weighted by molar-refractivity contribution is 7.13. The van der Waals surface area contributed by atoms with Gasteiger partial charge in [0.2, 0.25) is 0 Å². The second kappa shape index (κ2) is 4.78. The van der Waals surface area contributed by atoms with Gasteiger partial charge in [-0.15, -0.1) is 11.3 Å². The largest absolute Gasteiger partial charge is 0.298 e. The summed E-state index contributed by atoms with van der Waals surface area (Å²) in [5.74, 6) is 0. The quantitative estimate of drug-likeness (QED) is 0.686. The van der Waals surface area contributed by atoms with Crippen LogP contribution in [0.4, 0.5) is 0 Å². The Labute approximate surface area is 114 Å². The lowest BCUT2D eigenvalue weighted by molar-refractivity contribution is 0.112. The highest BCUT2D eigenvalue weighted by atomic mass is 32.1. The van der Waals surface area contributed by atoms with E-state index in [9.17, 15) is 4.79 Å². The number of carbonyl (C=O) groups is 1. The molecule has 0 saturated heterocycles. The van der Waals surface area contributed by atoms with Crippen LogP contribution < -0.4 is 0 Å². The van der Waals surface area contributed by atoms with Crippen molar-refractivity contribution in [3.63, 3.8) is 0 Å². The van der Waals surface area contributed by atoms with Crippen molar-refractivity contribution in [2.45, 2.75) is 6.92 Å². The summed E-state index contributed by atoms with van der Waals surface area (Å²) in [4.78, 5) is 16.2. The number of hydrogen-bond acceptors (Lipinski definition) is 4. The fourth-order valence-corrected chi connectivity index (χ4v) is 2.83. The van der Waals surface area contributed by atoms with Crippen molar-refractivity contribution >= 4 is 17.6 Å². The zero-order valence-electron chi connectivity index (χ0n) is 10.3. The lowest BCUT2D eigenvalue weighted by Gasteiger charge is -1.99. The second-order valence-electron chi connectivity index (χ2n) is 4.13. The van der Waals surface area contributed by atoms with Crippen LogP contribution in [-0.4, -0.2) is 21.1 Å². The molecule has 3 aromatic heterocycles. The zero-order chi connectivity index (χ0) is 13.2. The van der Waals surface area contributed by atoms with Crippen LogP contribution in [0.3, 0.4) is 0 Å². The van der Waals surface area contributed by atoms with Gasteiger partial charge >= 0.3 is 0 Å². The van der Waals surface area contributed by atoms with E-state index in [0.29, 0.717) is 5.56 Å². The average Bonchev–Trinajstić information content (AvgIpc) is 3.05. The van der Waals surface area contributed by atoms with Crippen LogP contribution in [0.1, 0.15) is 15.9 Å². The molecule has 19 heavy (non-hydrogen) atoms. The number of pyridine rings is 1. The summed E-state index contributed by atoms with van der Waals surface area (Å²) in [6, 6.07) is 5.74. The summed E-state index contributed by atoms with van der Waals surface area (Å²) in [6.45, 7) is 2.02. The third-order valence-electron chi connectivity index (χ3n) is 2.87. The molecule has 0 amide bonds. The molecule has 0 radical (unpaired) electrons. The van der Waals surface area contributed by atoms with Crippen molar-refractivity contribution in [2.24, 2.45) is 0 Å². The Kier molecular flexibility index (Phi) is 2.97. The van der Waals surface area contributed by atoms with E-state index >= 15 is 0 Å². The predicted molar refractivity (Wildman–Crippen MR) is 74.8 cm³/mol. The smallest absolute Gasteiger partial charge is 0.153 e. The van der Waals surface area contributed by atoms with Crippen LogP contribution in [0, 0.1) is 6.92 Å². The molecule has 3 rings (SSSR count). The Morgan fingerprint density at radius 3 is 2.68 bits per heavy atom. The molecule has 0 aliphatic heterocycles. The van der Waals surface area contributed by atoms with Crippen LogP contribution in [0.5, 0.6) is 0 Å². The molecular formula is C14H11N3OS. The van der Waals surface area contributed by atoms with Gasteiger partial charge in [0, 0.05) is 18.6 Å². The van der Waals surface area contributed by atoms with Crippen LogP contribution >= 0.6 is 11.3 Å². The van der Waals surface area contributed by atoms with Crippen molar-refractivity contribution < 1.29 is 4.79 Å². The average molecular weight is 269 g/mol. The molecule has 0 fully saturated rings. The van der Waals surface area contributed by atoms with Gasteiger partial charge in [-0.25, -0.2) is 4.68 Å². The summed E-state index contributed by atoms with van der Waals surface area (Å²) in [5, 5.41) is 6.53. The maximum atomic E-state index is 11.2. The first-order valence-electron chi connectivity index (χ1n) is 5.79. The lowest BCUT2D eigenvalue weighted by atomic mass is 10.2. The molecule has 0 spiro atoms. The van der Waals surface area contributed by atoms with E-state index in [0.717, 1.165) is 28.1 Å². The van der Waals surface area contributed by atoms with Crippen LogP contribution in [0.25, 0.3) is 16.3 Å². The van der Waals surface area contributed by atoms with Gasteiger partial charge in [0.05, 0.1) is 16.1 Å². The van der Waals surface area contributed by atoms with Gasteiger partial charge in [0.25, 0.3) is 0 Å². The van der Waals surface area contributed by atoms with Gasteiger partial charge in [-0.2, -0.15) is 5.10 Å². The number of rotatable bonds is 3. The standard InChI is InChI=1S/C14H11N3OS/c1-10-4-7-19-14(10)13-11(9-18)8-17(16-13)12-2-5-15-6-3-12/h2-9H,1H3. The van der Waals surface area contributed by atoms with Gasteiger partial charge in [0.15, 0.2) is 6.29 Å². The molecule has 5 heteroatoms. The van der Waals surface area contributed by atoms with Gasteiger partial charge < -0.3 is 0 Å². The van der Waals surface area contributed by atoms with E-state index in [1.54, 1.807) is 34.6 Å². The van der Waals surface area contributed by atoms with E-state index in [1.807, 2.05) is 30.5 Å². The third-order valence-corrected chi connectivity index (χ3v) is 3.90. The first kappa shape index (κ1) is 11.8. The monoisotopic (exact) mass is 269 g/mol. The second-order valence-corrected chi connectivity index (χ2v) is 5.05. The molecule has 3 aromatic rings. The molecule has 94 valence electrons. The Morgan fingerprint density at radius 1 is 1.26 bits per heavy atom. The highest BCUT2D eigenvalue weighted by Crippen LogP contribution is 2.30. The van der Waals surface area contributed by atoms with Gasteiger partial charge in [0.1, 0.15) is 5.69 Å². The van der Waals surface area contributed by atoms with E-state index in [-0.39, 0.29) is 0 Å². The van der Waals surface area contributed by atoms with Crippen molar-refractivity contribution in [3.8, 4) is 16.3 Å². The van der Waals surface area contributed by atoms with Gasteiger partial charge in [-0.05, 0) is 36.1 Å². The molecular weight excluding hydrogens is 258 g/mol. The molecule has 0 aliphatic rings. The fraction of sp³-hybridized carbons (Fsp3) is 0.0714. The molecule has 0 aromatic carbocycles. The number of aldehydes is 1.